The number of nitrogens with zero attached hydrogens (tertiary/aromatic N) is 4. The van der Waals surface area contributed by atoms with Crippen LogP contribution in [0.15, 0.2) is 84.0 Å². The zero-order valence-corrected chi connectivity index (χ0v) is 19.2. The lowest BCUT2D eigenvalue weighted by Gasteiger charge is -2.15. The highest BCUT2D eigenvalue weighted by atomic mass is 32.2. The third-order valence-corrected chi connectivity index (χ3v) is 6.33. The third kappa shape index (κ3) is 5.78. The third-order valence-electron chi connectivity index (χ3n) is 5.15. The van der Waals surface area contributed by atoms with Crippen LogP contribution in [-0.4, -0.2) is 26.2 Å². The van der Waals surface area contributed by atoms with Gasteiger partial charge in [-0.3, -0.25) is 14.7 Å². The Hall–Kier alpha value is -3.65. The highest BCUT2D eigenvalue weighted by Gasteiger charge is 2.23. The molecule has 0 saturated heterocycles. The minimum atomic E-state index is -0.420. The largest absolute Gasteiger partial charge is 0.489 e. The van der Waals surface area contributed by atoms with Crippen LogP contribution in [0.1, 0.15) is 27.8 Å². The van der Waals surface area contributed by atoms with E-state index in [9.17, 15) is 10.1 Å². The zero-order valence-electron chi connectivity index (χ0n) is 18.4. The van der Waals surface area contributed by atoms with Crippen molar-refractivity contribution in [2.24, 2.45) is 0 Å². The van der Waals surface area contributed by atoms with Crippen molar-refractivity contribution in [2.45, 2.75) is 30.9 Å². The van der Waals surface area contributed by atoms with E-state index in [0.717, 1.165) is 28.2 Å². The van der Waals surface area contributed by atoms with Gasteiger partial charge in [0.2, 0.25) is 6.54 Å². The summed E-state index contributed by atoms with van der Waals surface area (Å²) < 4.78 is 7.77. The highest BCUT2D eigenvalue weighted by molar-refractivity contribution is 7.99. The van der Waals surface area contributed by atoms with E-state index in [1.807, 2.05) is 97.3 Å². The Kier molecular flexibility index (Phi) is 7.04. The normalized spacial score (nSPS) is 11.8. The van der Waals surface area contributed by atoms with E-state index >= 15 is 0 Å². The van der Waals surface area contributed by atoms with Gasteiger partial charge >= 0.3 is 0 Å². The molecule has 168 valence electrons. The number of nitro groups is 1. The van der Waals surface area contributed by atoms with E-state index in [1.165, 1.54) is 11.8 Å². The van der Waals surface area contributed by atoms with E-state index < -0.39 is 5.25 Å². The Bertz CT molecular complexity index is 1210. The monoisotopic (exact) mass is 460 g/mol. The number of hydrogen-bond donors (Lipinski definition) is 0. The van der Waals surface area contributed by atoms with Crippen LogP contribution < -0.4 is 4.74 Å². The van der Waals surface area contributed by atoms with Gasteiger partial charge in [-0.05, 0) is 49.2 Å². The predicted molar refractivity (Wildman–Crippen MR) is 129 cm³/mol. The summed E-state index contributed by atoms with van der Waals surface area (Å²) in [6.45, 7) is 4.14. The molecular formula is C25H24N4O3S. The summed E-state index contributed by atoms with van der Waals surface area (Å²) in [5.74, 6) is 1.44. The molecule has 0 N–H and O–H groups in total. The van der Waals surface area contributed by atoms with E-state index in [4.69, 9.17) is 4.74 Å². The SMILES string of the molecule is Cc1ccc(-n2c(C)nnc2S[C@@H](C[N+](=O)[O-])c2ccc(OCc3ccccc3)cc2)cc1. The average Bonchev–Trinajstić information content (AvgIpc) is 3.18. The minimum Gasteiger partial charge on any atom is -0.489 e. The molecule has 0 bridgehead atoms. The van der Waals surface area contributed by atoms with Gasteiger partial charge in [-0.2, -0.15) is 0 Å². The Morgan fingerprint density at radius 2 is 1.67 bits per heavy atom. The standard InChI is InChI=1S/C25H24N4O3S/c1-18-8-12-22(13-9-18)29-19(2)26-27-25(29)33-24(16-28(30)31)21-10-14-23(15-11-21)32-17-20-6-4-3-5-7-20/h3-15,24H,16-17H2,1-2H3/t24-/m0/s1. The fourth-order valence-corrected chi connectivity index (χ4v) is 4.58. The molecule has 3 aromatic carbocycles. The van der Waals surface area contributed by atoms with Crippen LogP contribution in [0.5, 0.6) is 5.75 Å². The smallest absolute Gasteiger partial charge is 0.220 e. The van der Waals surface area contributed by atoms with E-state index in [0.29, 0.717) is 17.5 Å². The maximum atomic E-state index is 11.4. The molecule has 1 heterocycles. The molecule has 0 aliphatic heterocycles. The van der Waals surface area contributed by atoms with Crippen molar-refractivity contribution in [3.8, 4) is 11.4 Å². The van der Waals surface area contributed by atoms with Crippen molar-refractivity contribution in [3.05, 3.63) is 111 Å². The van der Waals surface area contributed by atoms with Crippen LogP contribution in [0.25, 0.3) is 5.69 Å². The topological polar surface area (TPSA) is 83.1 Å². The Morgan fingerprint density at radius 1 is 0.970 bits per heavy atom. The van der Waals surface area contributed by atoms with Crippen molar-refractivity contribution >= 4 is 11.8 Å². The Balaban J connectivity index is 1.53. The molecule has 0 unspecified atom stereocenters. The van der Waals surface area contributed by atoms with Crippen LogP contribution in [-0.2, 0) is 6.61 Å². The lowest BCUT2D eigenvalue weighted by atomic mass is 10.1. The summed E-state index contributed by atoms with van der Waals surface area (Å²) in [5.41, 5.74) is 3.99. The number of hydrogen-bond acceptors (Lipinski definition) is 6. The second kappa shape index (κ2) is 10.3. The van der Waals surface area contributed by atoms with Gasteiger partial charge in [0.05, 0.1) is 0 Å². The number of aromatic nitrogens is 3. The Morgan fingerprint density at radius 3 is 2.33 bits per heavy atom. The molecule has 8 heteroatoms. The van der Waals surface area contributed by atoms with E-state index in [1.54, 1.807) is 0 Å². The van der Waals surface area contributed by atoms with Gasteiger partial charge in [0, 0.05) is 10.6 Å². The van der Waals surface area contributed by atoms with Gasteiger partial charge < -0.3 is 4.74 Å². The molecule has 0 aliphatic rings. The molecule has 0 aliphatic carbocycles. The predicted octanol–water partition coefficient (Wildman–Crippen LogP) is 5.57. The van der Waals surface area contributed by atoms with Gasteiger partial charge in [0.25, 0.3) is 0 Å². The first-order chi connectivity index (χ1) is 16.0. The summed E-state index contributed by atoms with van der Waals surface area (Å²) in [6, 6.07) is 25.4. The second-order valence-electron chi connectivity index (χ2n) is 7.67. The summed E-state index contributed by atoms with van der Waals surface area (Å²) in [5, 5.41) is 20.1. The first kappa shape index (κ1) is 22.5. The van der Waals surface area contributed by atoms with Crippen molar-refractivity contribution in [1.29, 1.82) is 0 Å². The molecule has 0 fully saturated rings. The maximum absolute atomic E-state index is 11.4. The molecule has 4 aromatic rings. The fourth-order valence-electron chi connectivity index (χ4n) is 3.40. The van der Waals surface area contributed by atoms with Crippen LogP contribution in [0.4, 0.5) is 0 Å². The summed E-state index contributed by atoms with van der Waals surface area (Å²) >= 11 is 1.34. The molecule has 4 rings (SSSR count). The van der Waals surface area contributed by atoms with Crippen LogP contribution in [0.3, 0.4) is 0 Å². The lowest BCUT2D eigenvalue weighted by molar-refractivity contribution is -0.479. The molecular weight excluding hydrogens is 436 g/mol. The molecule has 0 saturated carbocycles. The molecule has 0 spiro atoms. The van der Waals surface area contributed by atoms with Gasteiger partial charge in [0.15, 0.2) is 5.16 Å². The van der Waals surface area contributed by atoms with Crippen molar-refractivity contribution < 1.29 is 9.66 Å². The van der Waals surface area contributed by atoms with Crippen molar-refractivity contribution in [3.63, 3.8) is 0 Å². The Labute approximate surface area is 196 Å². The van der Waals surface area contributed by atoms with Crippen LogP contribution in [0, 0.1) is 24.0 Å². The zero-order chi connectivity index (χ0) is 23.2. The van der Waals surface area contributed by atoms with Gasteiger partial charge in [-0.15, -0.1) is 10.2 Å². The summed E-state index contributed by atoms with van der Waals surface area (Å²) in [7, 11) is 0. The molecule has 7 nitrogen and oxygen atoms in total. The molecule has 1 atom stereocenters. The minimum absolute atomic E-state index is 0.227. The molecule has 1 aromatic heterocycles. The number of benzene rings is 3. The number of rotatable bonds is 9. The highest BCUT2D eigenvalue weighted by Crippen LogP contribution is 2.36. The fraction of sp³-hybridized carbons (Fsp3) is 0.200. The summed E-state index contributed by atoms with van der Waals surface area (Å²) in [4.78, 5) is 11.1. The lowest BCUT2D eigenvalue weighted by Crippen LogP contribution is -2.11. The number of thioether (sulfide) groups is 1. The maximum Gasteiger partial charge on any atom is 0.220 e. The van der Waals surface area contributed by atoms with Gasteiger partial charge in [-0.25, -0.2) is 0 Å². The number of aryl methyl sites for hydroxylation is 2. The molecule has 33 heavy (non-hydrogen) atoms. The van der Waals surface area contributed by atoms with E-state index in [2.05, 4.69) is 10.2 Å². The van der Waals surface area contributed by atoms with Gasteiger partial charge in [0.1, 0.15) is 23.4 Å². The average molecular weight is 461 g/mol. The number of ether oxygens (including phenoxy) is 1. The van der Waals surface area contributed by atoms with Crippen LogP contribution >= 0.6 is 11.8 Å². The van der Waals surface area contributed by atoms with Crippen molar-refractivity contribution in [2.75, 3.05) is 6.54 Å². The quantitative estimate of drug-likeness (QED) is 0.184. The first-order valence-electron chi connectivity index (χ1n) is 10.5. The summed E-state index contributed by atoms with van der Waals surface area (Å²) in [6.07, 6.45) is 0. The molecule has 0 radical (unpaired) electrons. The second-order valence-corrected chi connectivity index (χ2v) is 8.84. The first-order valence-corrected chi connectivity index (χ1v) is 11.4. The molecule has 0 amide bonds. The van der Waals surface area contributed by atoms with E-state index in [-0.39, 0.29) is 11.5 Å². The van der Waals surface area contributed by atoms with Gasteiger partial charge in [-0.1, -0.05) is 71.9 Å². The van der Waals surface area contributed by atoms with Crippen molar-refractivity contribution in [1.82, 2.24) is 14.8 Å². The van der Waals surface area contributed by atoms with Crippen LogP contribution in [0.2, 0.25) is 0 Å².